The normalized spacial score (nSPS) is 15.1. The van der Waals surface area contributed by atoms with Gasteiger partial charge in [-0.1, -0.05) is 0 Å². The highest BCUT2D eigenvalue weighted by Gasteiger charge is 2.28. The molecule has 20 heavy (non-hydrogen) atoms. The van der Waals surface area contributed by atoms with Crippen molar-refractivity contribution < 1.29 is 9.59 Å². The Balaban J connectivity index is 0.00000200. The average molecular weight is 318 g/mol. The van der Waals surface area contributed by atoms with Crippen LogP contribution in [-0.2, 0) is 4.79 Å². The molecule has 2 rings (SSSR count). The first kappa shape index (κ1) is 16.9. The second-order valence-electron chi connectivity index (χ2n) is 4.82. The standard InChI is InChI=1S/C13H19N3O2S.ClH/c14-11(9-1-2-9)7-16-12(17)3-5-15-13(18)10-4-6-19-8-10;/h4,6,8-9,11H,1-3,5,7,14H2,(H,15,18)(H,16,17);1H. The van der Waals surface area contributed by atoms with Gasteiger partial charge in [-0.05, 0) is 30.2 Å². The average Bonchev–Trinajstić information content (AvgIpc) is 3.10. The molecule has 0 saturated heterocycles. The predicted octanol–water partition coefficient (Wildman–Crippen LogP) is 1.14. The Hall–Kier alpha value is -1.11. The SMILES string of the molecule is Cl.NC(CNC(=O)CCNC(=O)c1ccsc1)C1CC1. The molecule has 0 bridgehead atoms. The largest absolute Gasteiger partial charge is 0.354 e. The van der Waals surface area contributed by atoms with Crippen molar-refractivity contribution >= 4 is 35.6 Å². The van der Waals surface area contributed by atoms with Crippen LogP contribution in [-0.4, -0.2) is 30.9 Å². The Morgan fingerprint density at radius 3 is 2.75 bits per heavy atom. The highest BCUT2D eigenvalue weighted by molar-refractivity contribution is 7.08. The number of amides is 2. The maximum absolute atomic E-state index is 11.6. The number of nitrogens with one attached hydrogen (secondary N) is 2. The van der Waals surface area contributed by atoms with Crippen molar-refractivity contribution in [1.82, 2.24) is 10.6 Å². The van der Waals surface area contributed by atoms with Crippen LogP contribution in [0.4, 0.5) is 0 Å². The molecule has 1 saturated carbocycles. The lowest BCUT2D eigenvalue weighted by Crippen LogP contribution is -2.39. The molecule has 1 unspecified atom stereocenters. The lowest BCUT2D eigenvalue weighted by atomic mass is 10.2. The second kappa shape index (κ2) is 8.24. The first-order valence-electron chi connectivity index (χ1n) is 6.49. The van der Waals surface area contributed by atoms with E-state index < -0.39 is 0 Å². The van der Waals surface area contributed by atoms with Crippen LogP contribution in [0.3, 0.4) is 0 Å². The van der Waals surface area contributed by atoms with Crippen molar-refractivity contribution in [3.63, 3.8) is 0 Å². The third-order valence-corrected chi connectivity index (χ3v) is 3.87. The summed E-state index contributed by atoms with van der Waals surface area (Å²) in [5.74, 6) is 0.379. The van der Waals surface area contributed by atoms with Crippen molar-refractivity contribution in [3.8, 4) is 0 Å². The van der Waals surface area contributed by atoms with Gasteiger partial charge in [0.1, 0.15) is 0 Å². The van der Waals surface area contributed by atoms with E-state index in [-0.39, 0.29) is 36.7 Å². The molecule has 1 aliphatic carbocycles. The van der Waals surface area contributed by atoms with Crippen molar-refractivity contribution in [2.75, 3.05) is 13.1 Å². The number of nitrogens with two attached hydrogens (primary N) is 1. The summed E-state index contributed by atoms with van der Waals surface area (Å²) in [4.78, 5) is 23.1. The fourth-order valence-electron chi connectivity index (χ4n) is 1.80. The molecule has 1 atom stereocenters. The summed E-state index contributed by atoms with van der Waals surface area (Å²) in [7, 11) is 0. The zero-order valence-electron chi connectivity index (χ0n) is 11.1. The van der Waals surface area contributed by atoms with Crippen LogP contribution in [0.1, 0.15) is 29.6 Å². The zero-order chi connectivity index (χ0) is 13.7. The number of carbonyl (C=O) groups excluding carboxylic acids is 2. The van der Waals surface area contributed by atoms with Gasteiger partial charge in [0.05, 0.1) is 0 Å². The third kappa shape index (κ3) is 5.48. The van der Waals surface area contributed by atoms with Crippen LogP contribution < -0.4 is 16.4 Å². The Kier molecular flexibility index (Phi) is 6.98. The molecular weight excluding hydrogens is 298 g/mol. The van der Waals surface area contributed by atoms with E-state index in [1.165, 1.54) is 24.2 Å². The quantitative estimate of drug-likeness (QED) is 0.705. The highest BCUT2D eigenvalue weighted by atomic mass is 35.5. The fourth-order valence-corrected chi connectivity index (χ4v) is 2.43. The third-order valence-electron chi connectivity index (χ3n) is 3.18. The van der Waals surface area contributed by atoms with E-state index in [0.717, 1.165) is 0 Å². The van der Waals surface area contributed by atoms with Crippen LogP contribution in [0.15, 0.2) is 16.8 Å². The summed E-state index contributed by atoms with van der Waals surface area (Å²) < 4.78 is 0. The van der Waals surface area contributed by atoms with Gasteiger partial charge in [0.15, 0.2) is 0 Å². The minimum Gasteiger partial charge on any atom is -0.354 e. The van der Waals surface area contributed by atoms with E-state index in [4.69, 9.17) is 5.73 Å². The molecule has 5 nitrogen and oxygen atoms in total. The lowest BCUT2D eigenvalue weighted by molar-refractivity contribution is -0.121. The molecule has 0 spiro atoms. The van der Waals surface area contributed by atoms with Gasteiger partial charge in [0, 0.05) is 36.5 Å². The summed E-state index contributed by atoms with van der Waals surface area (Å²) in [6.07, 6.45) is 2.63. The maximum Gasteiger partial charge on any atom is 0.252 e. The van der Waals surface area contributed by atoms with E-state index >= 15 is 0 Å². The van der Waals surface area contributed by atoms with Gasteiger partial charge in [-0.15, -0.1) is 12.4 Å². The van der Waals surface area contributed by atoms with E-state index in [1.807, 2.05) is 5.38 Å². The summed E-state index contributed by atoms with van der Waals surface area (Å²) in [5.41, 5.74) is 6.52. The number of halogens is 1. The lowest BCUT2D eigenvalue weighted by Gasteiger charge is -2.11. The Morgan fingerprint density at radius 1 is 1.40 bits per heavy atom. The molecule has 2 amide bonds. The molecule has 1 fully saturated rings. The number of hydrogen-bond donors (Lipinski definition) is 3. The molecule has 0 radical (unpaired) electrons. The first-order chi connectivity index (χ1) is 9.16. The first-order valence-corrected chi connectivity index (χ1v) is 7.44. The number of carbonyl (C=O) groups is 2. The smallest absolute Gasteiger partial charge is 0.252 e. The van der Waals surface area contributed by atoms with Gasteiger partial charge in [-0.25, -0.2) is 0 Å². The van der Waals surface area contributed by atoms with Gasteiger partial charge < -0.3 is 16.4 Å². The van der Waals surface area contributed by atoms with Crippen LogP contribution in [0.5, 0.6) is 0 Å². The number of rotatable bonds is 7. The molecule has 1 heterocycles. The molecule has 112 valence electrons. The Bertz CT molecular complexity index is 435. The number of thiophene rings is 1. The summed E-state index contributed by atoms with van der Waals surface area (Å²) >= 11 is 1.47. The van der Waals surface area contributed by atoms with Crippen molar-refractivity contribution in [2.24, 2.45) is 11.7 Å². The van der Waals surface area contributed by atoms with Gasteiger partial charge in [0.2, 0.25) is 5.91 Å². The molecule has 1 aromatic heterocycles. The predicted molar refractivity (Wildman–Crippen MR) is 82.2 cm³/mol. The summed E-state index contributed by atoms with van der Waals surface area (Å²) in [6.45, 7) is 0.876. The van der Waals surface area contributed by atoms with Crippen molar-refractivity contribution in [2.45, 2.75) is 25.3 Å². The van der Waals surface area contributed by atoms with Crippen molar-refractivity contribution in [1.29, 1.82) is 0 Å². The minimum absolute atomic E-state index is 0. The van der Waals surface area contributed by atoms with Gasteiger partial charge in [0.25, 0.3) is 5.91 Å². The second-order valence-corrected chi connectivity index (χ2v) is 5.60. The topological polar surface area (TPSA) is 84.2 Å². The molecule has 0 aliphatic heterocycles. The van der Waals surface area contributed by atoms with Crippen LogP contribution in [0, 0.1) is 5.92 Å². The van der Waals surface area contributed by atoms with Gasteiger partial charge in [-0.3, -0.25) is 9.59 Å². The molecule has 0 aromatic carbocycles. The fraction of sp³-hybridized carbons (Fsp3) is 0.538. The molecule has 1 aliphatic rings. The van der Waals surface area contributed by atoms with E-state index in [9.17, 15) is 9.59 Å². The maximum atomic E-state index is 11.6. The van der Waals surface area contributed by atoms with Gasteiger partial charge >= 0.3 is 0 Å². The van der Waals surface area contributed by atoms with E-state index in [2.05, 4.69) is 10.6 Å². The number of hydrogen-bond acceptors (Lipinski definition) is 4. The highest BCUT2D eigenvalue weighted by Crippen LogP contribution is 2.31. The minimum atomic E-state index is -0.135. The Labute approximate surface area is 128 Å². The van der Waals surface area contributed by atoms with E-state index in [1.54, 1.807) is 11.4 Å². The molecular formula is C13H20ClN3O2S. The molecule has 1 aromatic rings. The van der Waals surface area contributed by atoms with Crippen LogP contribution in [0.25, 0.3) is 0 Å². The Morgan fingerprint density at radius 2 is 2.15 bits per heavy atom. The van der Waals surface area contributed by atoms with E-state index in [0.29, 0.717) is 24.6 Å². The molecule has 7 heteroatoms. The van der Waals surface area contributed by atoms with Crippen LogP contribution >= 0.6 is 23.7 Å². The zero-order valence-corrected chi connectivity index (χ0v) is 12.8. The summed E-state index contributed by atoms with van der Waals surface area (Å²) in [5, 5.41) is 9.14. The van der Waals surface area contributed by atoms with Crippen LogP contribution in [0.2, 0.25) is 0 Å². The van der Waals surface area contributed by atoms with Crippen molar-refractivity contribution in [3.05, 3.63) is 22.4 Å². The summed E-state index contributed by atoms with van der Waals surface area (Å²) in [6, 6.07) is 1.83. The van der Waals surface area contributed by atoms with Gasteiger partial charge in [-0.2, -0.15) is 11.3 Å². The molecule has 4 N–H and O–H groups in total. The monoisotopic (exact) mass is 317 g/mol.